The van der Waals surface area contributed by atoms with Crippen LogP contribution in [0.5, 0.6) is 5.75 Å². The van der Waals surface area contributed by atoms with E-state index in [4.69, 9.17) is 10.5 Å². The molecule has 0 bridgehead atoms. The SMILES string of the molecule is COc1ccc(Sc2ccc(N)nn2)cc1. The van der Waals surface area contributed by atoms with Gasteiger partial charge in [-0.15, -0.1) is 10.2 Å². The van der Waals surface area contributed by atoms with Gasteiger partial charge in [-0.05, 0) is 36.4 Å². The molecule has 0 atom stereocenters. The van der Waals surface area contributed by atoms with Crippen molar-refractivity contribution < 1.29 is 4.74 Å². The molecule has 0 amide bonds. The Morgan fingerprint density at radius 3 is 2.38 bits per heavy atom. The van der Waals surface area contributed by atoms with Gasteiger partial charge >= 0.3 is 0 Å². The Kier molecular flexibility index (Phi) is 3.26. The summed E-state index contributed by atoms with van der Waals surface area (Å²) in [6, 6.07) is 11.3. The topological polar surface area (TPSA) is 61.0 Å². The second-order valence-electron chi connectivity index (χ2n) is 3.07. The maximum atomic E-state index is 5.46. The summed E-state index contributed by atoms with van der Waals surface area (Å²) in [6.45, 7) is 0. The Labute approximate surface area is 97.8 Å². The predicted octanol–water partition coefficient (Wildman–Crippen LogP) is 2.22. The second kappa shape index (κ2) is 4.85. The number of nitrogen functional groups attached to an aromatic ring is 1. The zero-order valence-corrected chi connectivity index (χ0v) is 9.57. The molecule has 0 fully saturated rings. The van der Waals surface area contributed by atoms with Crippen molar-refractivity contribution in [2.75, 3.05) is 12.8 Å². The summed E-state index contributed by atoms with van der Waals surface area (Å²) in [5, 5.41) is 8.58. The number of aromatic nitrogens is 2. The van der Waals surface area contributed by atoms with Gasteiger partial charge < -0.3 is 10.5 Å². The molecule has 0 aliphatic carbocycles. The fourth-order valence-electron chi connectivity index (χ4n) is 1.15. The minimum Gasteiger partial charge on any atom is -0.497 e. The Balaban J connectivity index is 2.11. The first-order valence-electron chi connectivity index (χ1n) is 4.69. The number of ether oxygens (including phenoxy) is 1. The number of rotatable bonds is 3. The highest BCUT2D eigenvalue weighted by molar-refractivity contribution is 7.99. The lowest BCUT2D eigenvalue weighted by atomic mass is 10.3. The molecule has 0 radical (unpaired) electrons. The monoisotopic (exact) mass is 233 g/mol. The molecule has 5 heteroatoms. The lowest BCUT2D eigenvalue weighted by Crippen LogP contribution is -1.92. The summed E-state index contributed by atoms with van der Waals surface area (Å²) >= 11 is 1.53. The van der Waals surface area contributed by atoms with E-state index in [0.29, 0.717) is 5.82 Å². The smallest absolute Gasteiger partial charge is 0.146 e. The number of nitrogens with two attached hydrogens (primary N) is 1. The van der Waals surface area contributed by atoms with E-state index < -0.39 is 0 Å². The van der Waals surface area contributed by atoms with E-state index in [9.17, 15) is 0 Å². The van der Waals surface area contributed by atoms with Crippen molar-refractivity contribution in [2.24, 2.45) is 0 Å². The summed E-state index contributed by atoms with van der Waals surface area (Å²) in [7, 11) is 1.65. The van der Waals surface area contributed by atoms with E-state index >= 15 is 0 Å². The Bertz CT molecular complexity index is 456. The van der Waals surface area contributed by atoms with Gasteiger partial charge in [0.1, 0.15) is 16.6 Å². The zero-order valence-electron chi connectivity index (χ0n) is 8.75. The van der Waals surface area contributed by atoms with Crippen molar-refractivity contribution in [1.29, 1.82) is 0 Å². The highest BCUT2D eigenvalue weighted by Crippen LogP contribution is 2.27. The first-order chi connectivity index (χ1) is 7.78. The highest BCUT2D eigenvalue weighted by atomic mass is 32.2. The van der Waals surface area contributed by atoms with Crippen LogP contribution in [-0.2, 0) is 0 Å². The van der Waals surface area contributed by atoms with Gasteiger partial charge in [-0.1, -0.05) is 11.8 Å². The van der Waals surface area contributed by atoms with E-state index in [1.54, 1.807) is 13.2 Å². The molecule has 82 valence electrons. The van der Waals surface area contributed by atoms with Gasteiger partial charge in [0.25, 0.3) is 0 Å². The van der Waals surface area contributed by atoms with Gasteiger partial charge in [-0.25, -0.2) is 0 Å². The van der Waals surface area contributed by atoms with Crippen LogP contribution < -0.4 is 10.5 Å². The molecular weight excluding hydrogens is 222 g/mol. The average Bonchev–Trinajstić information content (AvgIpc) is 2.33. The van der Waals surface area contributed by atoms with Crippen LogP contribution in [0.3, 0.4) is 0 Å². The molecule has 2 aromatic rings. The molecule has 16 heavy (non-hydrogen) atoms. The van der Waals surface area contributed by atoms with E-state index in [0.717, 1.165) is 15.7 Å². The molecule has 0 spiro atoms. The molecule has 2 rings (SSSR count). The molecule has 1 aromatic heterocycles. The summed E-state index contributed by atoms with van der Waals surface area (Å²) in [5.74, 6) is 1.27. The van der Waals surface area contributed by atoms with E-state index in [1.165, 1.54) is 11.8 Å². The summed E-state index contributed by atoms with van der Waals surface area (Å²) < 4.78 is 5.08. The van der Waals surface area contributed by atoms with E-state index in [-0.39, 0.29) is 0 Å². The Hall–Kier alpha value is -1.75. The molecule has 1 aromatic carbocycles. The van der Waals surface area contributed by atoms with Crippen LogP contribution >= 0.6 is 11.8 Å². The van der Waals surface area contributed by atoms with Gasteiger partial charge in [0.2, 0.25) is 0 Å². The molecule has 0 unspecified atom stereocenters. The van der Waals surface area contributed by atoms with Crippen LogP contribution in [0.2, 0.25) is 0 Å². The first kappa shape index (κ1) is 10.8. The van der Waals surface area contributed by atoms with Crippen LogP contribution in [0.1, 0.15) is 0 Å². The zero-order chi connectivity index (χ0) is 11.4. The van der Waals surface area contributed by atoms with Gasteiger partial charge in [0, 0.05) is 4.90 Å². The number of hydrogen-bond donors (Lipinski definition) is 1. The minimum absolute atomic E-state index is 0.430. The maximum absolute atomic E-state index is 5.46. The standard InChI is InChI=1S/C11H11N3OS/c1-15-8-2-4-9(5-3-8)16-11-7-6-10(12)13-14-11/h2-7H,1H3,(H2,12,13). The molecule has 0 aliphatic heterocycles. The Morgan fingerprint density at radius 2 is 1.81 bits per heavy atom. The second-order valence-corrected chi connectivity index (χ2v) is 4.17. The van der Waals surface area contributed by atoms with Crippen molar-refractivity contribution in [3.05, 3.63) is 36.4 Å². The average molecular weight is 233 g/mol. The molecule has 0 saturated heterocycles. The highest BCUT2D eigenvalue weighted by Gasteiger charge is 1.99. The number of anilines is 1. The predicted molar refractivity (Wildman–Crippen MR) is 63.6 cm³/mol. The molecular formula is C11H11N3OS. The minimum atomic E-state index is 0.430. The van der Waals surface area contributed by atoms with Crippen molar-refractivity contribution in [3.63, 3.8) is 0 Å². The van der Waals surface area contributed by atoms with Crippen LogP contribution in [0.15, 0.2) is 46.3 Å². The molecule has 0 saturated carbocycles. The van der Waals surface area contributed by atoms with E-state index in [2.05, 4.69) is 10.2 Å². The third-order valence-corrected chi connectivity index (χ3v) is 2.88. The fourth-order valence-corrected chi connectivity index (χ4v) is 1.88. The fraction of sp³-hybridized carbons (Fsp3) is 0.0909. The molecule has 2 N–H and O–H groups in total. The molecule has 0 aliphatic rings. The van der Waals surface area contributed by atoms with Crippen LogP contribution in [0, 0.1) is 0 Å². The largest absolute Gasteiger partial charge is 0.497 e. The van der Waals surface area contributed by atoms with Crippen LogP contribution in [0.25, 0.3) is 0 Å². The number of methoxy groups -OCH3 is 1. The maximum Gasteiger partial charge on any atom is 0.146 e. The first-order valence-corrected chi connectivity index (χ1v) is 5.51. The third kappa shape index (κ3) is 2.64. The molecule has 4 nitrogen and oxygen atoms in total. The summed E-state index contributed by atoms with van der Waals surface area (Å²) in [6.07, 6.45) is 0. The number of nitrogens with zero attached hydrogens (tertiary/aromatic N) is 2. The van der Waals surface area contributed by atoms with Gasteiger partial charge in [0.15, 0.2) is 0 Å². The Morgan fingerprint density at radius 1 is 1.06 bits per heavy atom. The number of benzene rings is 1. The lowest BCUT2D eigenvalue weighted by Gasteiger charge is -2.02. The third-order valence-electron chi connectivity index (χ3n) is 1.94. The van der Waals surface area contributed by atoms with Crippen LogP contribution in [-0.4, -0.2) is 17.3 Å². The van der Waals surface area contributed by atoms with Crippen molar-refractivity contribution in [2.45, 2.75) is 9.92 Å². The number of hydrogen-bond acceptors (Lipinski definition) is 5. The quantitative estimate of drug-likeness (QED) is 0.880. The van der Waals surface area contributed by atoms with Gasteiger partial charge in [0.05, 0.1) is 7.11 Å². The summed E-state index contributed by atoms with van der Waals surface area (Å²) in [4.78, 5) is 1.08. The lowest BCUT2D eigenvalue weighted by molar-refractivity contribution is 0.414. The van der Waals surface area contributed by atoms with Gasteiger partial charge in [-0.2, -0.15) is 0 Å². The van der Waals surface area contributed by atoms with Crippen molar-refractivity contribution in [1.82, 2.24) is 10.2 Å². The van der Waals surface area contributed by atoms with Crippen LogP contribution in [0.4, 0.5) is 5.82 Å². The summed E-state index contributed by atoms with van der Waals surface area (Å²) in [5.41, 5.74) is 5.46. The van der Waals surface area contributed by atoms with Crippen molar-refractivity contribution in [3.8, 4) is 5.75 Å². The van der Waals surface area contributed by atoms with Crippen molar-refractivity contribution >= 4 is 17.6 Å². The van der Waals surface area contributed by atoms with Gasteiger partial charge in [-0.3, -0.25) is 0 Å². The normalized spacial score (nSPS) is 10.1. The molecule has 1 heterocycles. The van der Waals surface area contributed by atoms with E-state index in [1.807, 2.05) is 30.3 Å².